The first-order valence-electron chi connectivity index (χ1n) is 8.75. The van der Waals surface area contributed by atoms with Crippen molar-refractivity contribution in [2.24, 2.45) is 0 Å². The van der Waals surface area contributed by atoms with E-state index in [9.17, 15) is 19.5 Å². The first-order chi connectivity index (χ1) is 13.0. The highest BCUT2D eigenvalue weighted by molar-refractivity contribution is 5.94. The molecule has 2 rings (SSSR count). The van der Waals surface area contributed by atoms with Crippen LogP contribution in [0.1, 0.15) is 41.6 Å². The zero-order valence-corrected chi connectivity index (χ0v) is 15.2. The molecule has 0 aromatic heterocycles. The lowest BCUT2D eigenvalue weighted by Gasteiger charge is -2.14. The smallest absolute Gasteiger partial charge is 0.312 e. The fourth-order valence-corrected chi connectivity index (χ4v) is 2.55. The van der Waals surface area contributed by atoms with Crippen LogP contribution in [0.3, 0.4) is 0 Å². The van der Waals surface area contributed by atoms with Crippen LogP contribution >= 0.6 is 0 Å². The SMILES string of the molecule is CC(=O)c1ccc(OCCCC(=O)NCC(C(=O)O)c2ccccc2)cc1. The second-order valence-electron chi connectivity index (χ2n) is 6.14. The molecule has 0 saturated carbocycles. The molecule has 0 saturated heterocycles. The van der Waals surface area contributed by atoms with Gasteiger partial charge in [0.05, 0.1) is 12.5 Å². The molecule has 0 aliphatic carbocycles. The number of aliphatic carboxylic acids is 1. The molecule has 0 radical (unpaired) electrons. The topological polar surface area (TPSA) is 92.7 Å². The summed E-state index contributed by atoms with van der Waals surface area (Å²) < 4.78 is 5.54. The van der Waals surface area contributed by atoms with Gasteiger partial charge in [-0.2, -0.15) is 0 Å². The summed E-state index contributed by atoms with van der Waals surface area (Å²) in [6.07, 6.45) is 0.746. The number of hydrogen-bond donors (Lipinski definition) is 2. The van der Waals surface area contributed by atoms with Crippen molar-refractivity contribution < 1.29 is 24.2 Å². The number of carboxylic acids is 1. The number of ketones is 1. The molecule has 142 valence electrons. The molecule has 0 aliphatic rings. The Labute approximate surface area is 158 Å². The average molecular weight is 369 g/mol. The summed E-state index contributed by atoms with van der Waals surface area (Å²) in [5, 5.41) is 12.0. The lowest BCUT2D eigenvalue weighted by atomic mass is 9.99. The van der Waals surface area contributed by atoms with Gasteiger partial charge in [-0.05, 0) is 43.2 Å². The van der Waals surface area contributed by atoms with Crippen molar-refractivity contribution in [2.45, 2.75) is 25.7 Å². The van der Waals surface area contributed by atoms with Gasteiger partial charge in [-0.3, -0.25) is 14.4 Å². The summed E-state index contributed by atoms with van der Waals surface area (Å²) in [6.45, 7) is 1.90. The number of nitrogens with one attached hydrogen (secondary N) is 1. The molecular formula is C21H23NO5. The van der Waals surface area contributed by atoms with Crippen molar-refractivity contribution in [3.63, 3.8) is 0 Å². The number of amides is 1. The first-order valence-corrected chi connectivity index (χ1v) is 8.75. The second kappa shape index (κ2) is 10.1. The maximum atomic E-state index is 11.9. The van der Waals surface area contributed by atoms with Crippen molar-refractivity contribution in [1.82, 2.24) is 5.32 Å². The largest absolute Gasteiger partial charge is 0.494 e. The third-order valence-corrected chi connectivity index (χ3v) is 4.08. The quantitative estimate of drug-likeness (QED) is 0.496. The fraction of sp³-hybridized carbons (Fsp3) is 0.286. The van der Waals surface area contributed by atoms with Crippen LogP contribution in [0.25, 0.3) is 0 Å². The highest BCUT2D eigenvalue weighted by Crippen LogP contribution is 2.15. The molecule has 0 bridgehead atoms. The van der Waals surface area contributed by atoms with Crippen molar-refractivity contribution in [3.8, 4) is 5.75 Å². The molecule has 0 spiro atoms. The van der Waals surface area contributed by atoms with Crippen LogP contribution in [0.4, 0.5) is 0 Å². The van der Waals surface area contributed by atoms with Crippen LogP contribution in [0.5, 0.6) is 5.75 Å². The van der Waals surface area contributed by atoms with Gasteiger partial charge in [0, 0.05) is 18.5 Å². The Bertz CT molecular complexity index is 771. The van der Waals surface area contributed by atoms with E-state index >= 15 is 0 Å². The summed E-state index contributed by atoms with van der Waals surface area (Å²) in [7, 11) is 0. The van der Waals surface area contributed by atoms with E-state index in [1.165, 1.54) is 6.92 Å². The van der Waals surface area contributed by atoms with E-state index in [1.54, 1.807) is 48.5 Å². The Morgan fingerprint density at radius 1 is 1.04 bits per heavy atom. The summed E-state index contributed by atoms with van der Waals surface area (Å²) in [5.74, 6) is -1.33. The van der Waals surface area contributed by atoms with E-state index in [2.05, 4.69) is 5.32 Å². The molecule has 2 N–H and O–H groups in total. The van der Waals surface area contributed by atoms with Gasteiger partial charge >= 0.3 is 5.97 Å². The predicted molar refractivity (Wildman–Crippen MR) is 101 cm³/mol. The monoisotopic (exact) mass is 369 g/mol. The van der Waals surface area contributed by atoms with Gasteiger partial charge in [-0.1, -0.05) is 30.3 Å². The molecular weight excluding hydrogens is 346 g/mol. The maximum absolute atomic E-state index is 11.9. The Balaban J connectivity index is 1.71. The molecule has 2 aromatic carbocycles. The Hall–Kier alpha value is -3.15. The number of benzene rings is 2. The van der Waals surface area contributed by atoms with Crippen molar-refractivity contribution in [2.75, 3.05) is 13.2 Å². The molecule has 0 heterocycles. The normalized spacial score (nSPS) is 11.4. The highest BCUT2D eigenvalue weighted by Gasteiger charge is 2.20. The van der Waals surface area contributed by atoms with Gasteiger partial charge < -0.3 is 15.2 Å². The number of carbonyl (C=O) groups excluding carboxylic acids is 2. The molecule has 1 amide bonds. The molecule has 27 heavy (non-hydrogen) atoms. The van der Waals surface area contributed by atoms with E-state index in [4.69, 9.17) is 4.74 Å². The van der Waals surface area contributed by atoms with Crippen LogP contribution in [-0.2, 0) is 9.59 Å². The van der Waals surface area contributed by atoms with Crippen LogP contribution in [0.15, 0.2) is 54.6 Å². The van der Waals surface area contributed by atoms with Crippen molar-refractivity contribution in [3.05, 3.63) is 65.7 Å². The number of rotatable bonds is 10. The van der Waals surface area contributed by atoms with Gasteiger partial charge in [0.25, 0.3) is 0 Å². The average Bonchev–Trinajstić information content (AvgIpc) is 2.66. The Kier molecular flexibility index (Phi) is 7.55. The molecule has 2 aromatic rings. The predicted octanol–water partition coefficient (Wildman–Crippen LogP) is 3.03. The van der Waals surface area contributed by atoms with E-state index in [0.717, 1.165) is 0 Å². The van der Waals surface area contributed by atoms with Gasteiger partial charge in [0.1, 0.15) is 5.75 Å². The van der Waals surface area contributed by atoms with E-state index in [0.29, 0.717) is 29.9 Å². The summed E-state index contributed by atoms with van der Waals surface area (Å²) in [6, 6.07) is 15.6. The first kappa shape index (κ1) is 20.2. The number of ether oxygens (including phenoxy) is 1. The fourth-order valence-electron chi connectivity index (χ4n) is 2.55. The van der Waals surface area contributed by atoms with Gasteiger partial charge in [-0.15, -0.1) is 0 Å². The summed E-state index contributed by atoms with van der Waals surface area (Å²) >= 11 is 0. The van der Waals surface area contributed by atoms with Crippen LogP contribution in [0.2, 0.25) is 0 Å². The zero-order valence-electron chi connectivity index (χ0n) is 15.2. The van der Waals surface area contributed by atoms with Crippen molar-refractivity contribution in [1.29, 1.82) is 0 Å². The second-order valence-corrected chi connectivity index (χ2v) is 6.14. The lowest BCUT2D eigenvalue weighted by Crippen LogP contribution is -2.31. The minimum absolute atomic E-state index is 0.00612. The molecule has 6 nitrogen and oxygen atoms in total. The highest BCUT2D eigenvalue weighted by atomic mass is 16.5. The summed E-state index contributed by atoms with van der Waals surface area (Å²) in [4.78, 5) is 34.6. The standard InChI is InChI=1S/C21H23NO5/c1-15(23)16-9-11-18(12-10-16)27-13-5-8-20(24)22-14-19(21(25)26)17-6-3-2-4-7-17/h2-4,6-7,9-12,19H,5,8,13-14H2,1H3,(H,22,24)(H,25,26). The minimum Gasteiger partial charge on any atom is -0.494 e. The lowest BCUT2D eigenvalue weighted by molar-refractivity contribution is -0.138. The summed E-state index contributed by atoms with van der Waals surface area (Å²) in [5.41, 5.74) is 1.27. The van der Waals surface area contributed by atoms with Crippen molar-refractivity contribution >= 4 is 17.7 Å². The number of Topliss-reactive ketones (excluding diaryl/α,β-unsaturated/α-hetero) is 1. The van der Waals surface area contributed by atoms with Gasteiger partial charge in [-0.25, -0.2) is 0 Å². The van der Waals surface area contributed by atoms with E-state index in [1.807, 2.05) is 6.07 Å². The Morgan fingerprint density at radius 3 is 2.30 bits per heavy atom. The van der Waals surface area contributed by atoms with Gasteiger partial charge in [0.2, 0.25) is 5.91 Å². The number of hydrogen-bond acceptors (Lipinski definition) is 4. The van der Waals surface area contributed by atoms with Crippen LogP contribution in [0, 0.1) is 0 Å². The van der Waals surface area contributed by atoms with E-state index in [-0.39, 0.29) is 24.7 Å². The van der Waals surface area contributed by atoms with E-state index < -0.39 is 11.9 Å². The van der Waals surface area contributed by atoms with Crippen LogP contribution in [-0.4, -0.2) is 35.9 Å². The number of carbonyl (C=O) groups is 3. The third kappa shape index (κ3) is 6.58. The Morgan fingerprint density at radius 2 is 1.70 bits per heavy atom. The zero-order chi connectivity index (χ0) is 19.6. The maximum Gasteiger partial charge on any atom is 0.312 e. The molecule has 0 fully saturated rings. The van der Waals surface area contributed by atoms with Gasteiger partial charge in [0.15, 0.2) is 5.78 Å². The number of carboxylic acid groups (broad SMARTS) is 1. The van der Waals surface area contributed by atoms with Crippen LogP contribution < -0.4 is 10.1 Å². The third-order valence-electron chi connectivity index (χ3n) is 4.08. The minimum atomic E-state index is -0.973. The molecule has 0 aliphatic heterocycles. The molecule has 6 heteroatoms. The molecule has 1 atom stereocenters. The molecule has 1 unspecified atom stereocenters.